The molecule has 1 saturated heterocycles. The summed E-state index contributed by atoms with van der Waals surface area (Å²) in [4.78, 5) is 27.2. The molecule has 0 radical (unpaired) electrons. The molecular formula is C23H25NO4. The molecule has 1 aliphatic heterocycles. The minimum atomic E-state index is -0.650. The van der Waals surface area contributed by atoms with E-state index in [1.807, 2.05) is 38.1 Å². The number of ether oxygens (including phenoxy) is 1. The Morgan fingerprint density at radius 3 is 2.57 bits per heavy atom. The third kappa shape index (κ3) is 3.65. The number of carbonyl (C=O) groups excluding carboxylic acids is 2. The molecule has 1 aliphatic rings. The highest BCUT2D eigenvalue weighted by atomic mass is 16.5. The molecule has 1 amide bonds. The Kier molecular flexibility index (Phi) is 5.83. The van der Waals surface area contributed by atoms with Gasteiger partial charge in [-0.1, -0.05) is 55.3 Å². The number of nitrogens with zero attached hydrogens (tertiary/aromatic N) is 1. The molecule has 1 heterocycles. The smallest absolute Gasteiger partial charge is 0.295 e. The van der Waals surface area contributed by atoms with Gasteiger partial charge in [-0.2, -0.15) is 0 Å². The zero-order valence-electron chi connectivity index (χ0n) is 16.4. The lowest BCUT2D eigenvalue weighted by molar-refractivity contribution is -0.139. The van der Waals surface area contributed by atoms with Crippen LogP contribution in [-0.2, 0) is 9.59 Å². The topological polar surface area (TPSA) is 66.8 Å². The van der Waals surface area contributed by atoms with Crippen molar-refractivity contribution in [1.82, 2.24) is 4.90 Å². The number of aliphatic hydroxyl groups is 1. The first-order valence-corrected chi connectivity index (χ1v) is 9.47. The predicted molar refractivity (Wildman–Crippen MR) is 108 cm³/mol. The Morgan fingerprint density at radius 1 is 1.14 bits per heavy atom. The Morgan fingerprint density at radius 2 is 1.89 bits per heavy atom. The van der Waals surface area contributed by atoms with E-state index in [9.17, 15) is 14.7 Å². The van der Waals surface area contributed by atoms with Crippen molar-refractivity contribution in [2.75, 3.05) is 13.7 Å². The fourth-order valence-corrected chi connectivity index (χ4v) is 3.55. The van der Waals surface area contributed by atoms with E-state index in [-0.39, 0.29) is 11.3 Å². The first-order chi connectivity index (χ1) is 13.5. The van der Waals surface area contributed by atoms with E-state index in [1.54, 1.807) is 29.2 Å². The van der Waals surface area contributed by atoms with E-state index in [0.29, 0.717) is 17.9 Å². The lowest BCUT2D eigenvalue weighted by Gasteiger charge is -2.25. The Bertz CT molecular complexity index is 932. The standard InChI is InChI=1S/C23H25NO4/c1-4-5-12-24-20(16-9-6-8-15(2)13-16)19(22(26)23(24)27)21(25)17-10-7-11-18(14-17)28-3/h6-11,13-14,20,25H,4-5,12H2,1-3H3/b21-19-. The second kappa shape index (κ2) is 8.30. The van der Waals surface area contributed by atoms with E-state index < -0.39 is 17.7 Å². The maximum absolute atomic E-state index is 12.9. The molecule has 3 rings (SSSR count). The Labute approximate surface area is 165 Å². The van der Waals surface area contributed by atoms with Crippen LogP contribution < -0.4 is 4.74 Å². The summed E-state index contributed by atoms with van der Waals surface area (Å²) in [5, 5.41) is 11.0. The molecule has 5 nitrogen and oxygen atoms in total. The normalized spacial score (nSPS) is 18.5. The van der Waals surface area contributed by atoms with Crippen LogP contribution in [0.1, 0.15) is 42.5 Å². The van der Waals surface area contributed by atoms with Gasteiger partial charge in [0.2, 0.25) is 0 Å². The van der Waals surface area contributed by atoms with Crippen molar-refractivity contribution >= 4 is 17.4 Å². The Balaban J connectivity index is 2.17. The van der Waals surface area contributed by atoms with Crippen LogP contribution in [0.2, 0.25) is 0 Å². The van der Waals surface area contributed by atoms with Crippen LogP contribution in [0.25, 0.3) is 5.76 Å². The highest BCUT2D eigenvalue weighted by molar-refractivity contribution is 6.46. The Hall–Kier alpha value is -3.08. The predicted octanol–water partition coefficient (Wildman–Crippen LogP) is 4.23. The molecule has 0 bridgehead atoms. The molecule has 0 aromatic heterocycles. The number of hydrogen-bond acceptors (Lipinski definition) is 4. The average molecular weight is 379 g/mol. The molecule has 1 unspecified atom stereocenters. The van der Waals surface area contributed by atoms with Gasteiger partial charge in [0.05, 0.1) is 18.7 Å². The molecule has 0 spiro atoms. The number of aliphatic hydroxyl groups excluding tert-OH is 1. The maximum atomic E-state index is 12.9. The van der Waals surface area contributed by atoms with Gasteiger partial charge in [-0.15, -0.1) is 0 Å². The average Bonchev–Trinajstić information content (AvgIpc) is 2.96. The van der Waals surface area contributed by atoms with E-state index in [4.69, 9.17) is 4.74 Å². The van der Waals surface area contributed by atoms with Crippen LogP contribution in [0.3, 0.4) is 0 Å². The number of carbonyl (C=O) groups is 2. The van der Waals surface area contributed by atoms with Crippen LogP contribution in [0.5, 0.6) is 5.75 Å². The van der Waals surface area contributed by atoms with Crippen molar-refractivity contribution in [2.45, 2.75) is 32.7 Å². The molecule has 0 aliphatic carbocycles. The first kappa shape index (κ1) is 19.7. The van der Waals surface area contributed by atoms with Crippen molar-refractivity contribution in [3.63, 3.8) is 0 Å². The quantitative estimate of drug-likeness (QED) is 0.463. The number of unbranched alkanes of at least 4 members (excludes halogenated alkanes) is 1. The minimum Gasteiger partial charge on any atom is -0.507 e. The van der Waals surface area contributed by atoms with Gasteiger partial charge in [0.15, 0.2) is 0 Å². The second-order valence-electron chi connectivity index (χ2n) is 6.99. The summed E-state index contributed by atoms with van der Waals surface area (Å²) < 4.78 is 5.22. The number of Topliss-reactive ketones (excluding diaryl/α,β-unsaturated/α-hetero) is 1. The lowest BCUT2D eigenvalue weighted by atomic mass is 9.94. The summed E-state index contributed by atoms with van der Waals surface area (Å²) >= 11 is 0. The molecule has 1 fully saturated rings. The van der Waals surface area contributed by atoms with Gasteiger partial charge in [0, 0.05) is 12.1 Å². The fraction of sp³-hybridized carbons (Fsp3) is 0.304. The summed E-state index contributed by atoms with van der Waals surface area (Å²) in [6, 6.07) is 14.0. The van der Waals surface area contributed by atoms with Crippen LogP contribution in [0.15, 0.2) is 54.1 Å². The van der Waals surface area contributed by atoms with Gasteiger partial charge in [-0.25, -0.2) is 0 Å². The number of aryl methyl sites for hydroxylation is 1. The summed E-state index contributed by atoms with van der Waals surface area (Å²) in [6.45, 7) is 4.47. The van der Waals surface area contributed by atoms with E-state index in [0.717, 1.165) is 24.0 Å². The van der Waals surface area contributed by atoms with Gasteiger partial charge in [0.1, 0.15) is 11.5 Å². The molecule has 2 aromatic rings. The van der Waals surface area contributed by atoms with Crippen molar-refractivity contribution in [2.24, 2.45) is 0 Å². The molecule has 2 aromatic carbocycles. The molecule has 0 saturated carbocycles. The lowest BCUT2D eigenvalue weighted by Crippen LogP contribution is -2.30. The van der Waals surface area contributed by atoms with Gasteiger partial charge in [-0.3, -0.25) is 9.59 Å². The molecule has 1 N–H and O–H groups in total. The number of rotatable bonds is 6. The monoisotopic (exact) mass is 379 g/mol. The van der Waals surface area contributed by atoms with E-state index >= 15 is 0 Å². The van der Waals surface area contributed by atoms with Gasteiger partial charge < -0.3 is 14.7 Å². The third-order valence-corrected chi connectivity index (χ3v) is 4.99. The highest BCUT2D eigenvalue weighted by Crippen LogP contribution is 2.40. The van der Waals surface area contributed by atoms with E-state index in [1.165, 1.54) is 7.11 Å². The summed E-state index contributed by atoms with van der Waals surface area (Å²) in [5.74, 6) is -0.827. The van der Waals surface area contributed by atoms with Gasteiger partial charge in [-0.05, 0) is 31.0 Å². The molecule has 28 heavy (non-hydrogen) atoms. The number of methoxy groups -OCH3 is 1. The largest absolute Gasteiger partial charge is 0.507 e. The zero-order chi connectivity index (χ0) is 20.3. The fourth-order valence-electron chi connectivity index (χ4n) is 3.55. The van der Waals surface area contributed by atoms with Crippen LogP contribution in [0, 0.1) is 6.92 Å². The SMILES string of the molecule is CCCCN1C(=O)C(=O)/C(=C(\O)c2cccc(OC)c2)C1c1cccc(C)c1. The summed E-state index contributed by atoms with van der Waals surface area (Å²) in [5.41, 5.74) is 2.42. The zero-order valence-corrected chi connectivity index (χ0v) is 16.4. The highest BCUT2D eigenvalue weighted by Gasteiger charge is 2.45. The number of hydrogen-bond donors (Lipinski definition) is 1. The number of ketones is 1. The minimum absolute atomic E-state index is 0.125. The van der Waals surface area contributed by atoms with Crippen molar-refractivity contribution in [3.05, 3.63) is 70.8 Å². The van der Waals surface area contributed by atoms with E-state index in [2.05, 4.69) is 0 Å². The summed E-state index contributed by atoms with van der Waals surface area (Å²) in [7, 11) is 1.54. The number of benzene rings is 2. The van der Waals surface area contributed by atoms with Crippen LogP contribution >= 0.6 is 0 Å². The number of amides is 1. The molecule has 146 valence electrons. The van der Waals surface area contributed by atoms with Crippen LogP contribution in [0.4, 0.5) is 0 Å². The van der Waals surface area contributed by atoms with Crippen molar-refractivity contribution in [1.29, 1.82) is 0 Å². The van der Waals surface area contributed by atoms with Crippen molar-refractivity contribution in [3.8, 4) is 5.75 Å². The maximum Gasteiger partial charge on any atom is 0.295 e. The van der Waals surface area contributed by atoms with Gasteiger partial charge >= 0.3 is 0 Å². The molecular weight excluding hydrogens is 354 g/mol. The second-order valence-corrected chi connectivity index (χ2v) is 6.99. The third-order valence-electron chi connectivity index (χ3n) is 4.99. The number of likely N-dealkylation sites (tertiary alicyclic amines) is 1. The van der Waals surface area contributed by atoms with Crippen molar-refractivity contribution < 1.29 is 19.4 Å². The molecule has 1 atom stereocenters. The molecule has 5 heteroatoms. The van der Waals surface area contributed by atoms with Gasteiger partial charge in [0.25, 0.3) is 11.7 Å². The van der Waals surface area contributed by atoms with Crippen LogP contribution in [-0.4, -0.2) is 35.4 Å². The summed E-state index contributed by atoms with van der Waals surface area (Å²) in [6.07, 6.45) is 1.69. The first-order valence-electron chi connectivity index (χ1n) is 9.47.